The number of hydrogen-bond acceptors (Lipinski definition) is 10. The number of carbonyl (C=O) groups is 1. The average Bonchev–Trinajstić information content (AvgIpc) is 3.37. The van der Waals surface area contributed by atoms with Gasteiger partial charge in [-0.05, 0) is 39.3 Å². The normalized spacial score (nSPS) is 30.0. The molecular weight excluding hydrogens is 406 g/mol. The fourth-order valence-electron chi connectivity index (χ4n) is 3.84. The predicted octanol–water partition coefficient (Wildman–Crippen LogP) is 2.12. The Hall–Kier alpha value is -2.94. The van der Waals surface area contributed by atoms with E-state index in [0.717, 1.165) is 0 Å². The first-order valence-corrected chi connectivity index (χ1v) is 10.1. The smallest absolute Gasteiger partial charge is 0.431 e. The Balaban J connectivity index is 1.65. The van der Waals surface area contributed by atoms with Gasteiger partial charge in [0.2, 0.25) is 5.60 Å². The van der Waals surface area contributed by atoms with E-state index in [1.807, 2.05) is 6.92 Å². The Bertz CT molecular complexity index is 1030. The van der Waals surface area contributed by atoms with Crippen molar-refractivity contribution in [3.05, 3.63) is 24.2 Å². The Labute approximate surface area is 179 Å². The van der Waals surface area contributed by atoms with Crippen LogP contribution in [0.3, 0.4) is 0 Å². The lowest BCUT2D eigenvalue weighted by molar-refractivity contribution is -0.205. The molecule has 2 N–H and O–H groups in total. The maximum absolute atomic E-state index is 12.1. The van der Waals surface area contributed by atoms with Gasteiger partial charge in [-0.3, -0.25) is 0 Å². The van der Waals surface area contributed by atoms with E-state index in [2.05, 4.69) is 16.2 Å². The highest BCUT2D eigenvalue weighted by atomic mass is 16.8. The quantitative estimate of drug-likeness (QED) is 0.699. The van der Waals surface area contributed by atoms with Crippen molar-refractivity contribution < 1.29 is 28.5 Å². The molecule has 2 aliphatic rings. The molecule has 4 heterocycles. The summed E-state index contributed by atoms with van der Waals surface area (Å²) in [4.78, 5) is 16.0. The van der Waals surface area contributed by atoms with E-state index in [1.165, 1.54) is 6.33 Å². The van der Waals surface area contributed by atoms with E-state index < -0.39 is 35.9 Å². The van der Waals surface area contributed by atoms with Crippen LogP contribution in [-0.2, 0) is 23.7 Å². The van der Waals surface area contributed by atoms with Crippen LogP contribution in [0.25, 0.3) is 5.52 Å². The summed E-state index contributed by atoms with van der Waals surface area (Å²) in [6, 6.07) is 5.67. The molecule has 0 radical (unpaired) electrons. The van der Waals surface area contributed by atoms with Crippen molar-refractivity contribution in [3.63, 3.8) is 0 Å². The Kier molecular flexibility index (Phi) is 5.25. The third-order valence-electron chi connectivity index (χ3n) is 5.49. The minimum Gasteiger partial charge on any atom is -0.431 e. The van der Waals surface area contributed by atoms with Gasteiger partial charge < -0.3 is 29.4 Å². The standard InChI is InChI=1S/C20H25N5O6/c1-5-11(2)28-18(26)27-9-20(8-21)16-15(29-19(3,4)31-16)14(30-20)12-6-7-13-17(22)23-10-24-25(12)13/h6-7,10-11,14-16H,5,9H2,1-4H3,(H2,22,23,24)/t11-,14-,15?,16?,20+/m0/s1. The van der Waals surface area contributed by atoms with Crippen LogP contribution in [0.2, 0.25) is 0 Å². The number of carbonyl (C=O) groups excluding carboxylic acids is 1. The number of nitrogens with two attached hydrogens (primary N) is 1. The lowest BCUT2D eigenvalue weighted by Crippen LogP contribution is -2.46. The molecular formula is C20H25N5O6. The minimum atomic E-state index is -1.60. The molecule has 0 aliphatic carbocycles. The highest BCUT2D eigenvalue weighted by molar-refractivity contribution is 5.65. The van der Waals surface area contributed by atoms with Crippen LogP contribution in [0.5, 0.6) is 0 Å². The molecule has 2 saturated heterocycles. The first-order valence-electron chi connectivity index (χ1n) is 10.1. The van der Waals surface area contributed by atoms with Crippen molar-refractivity contribution in [1.82, 2.24) is 14.6 Å². The van der Waals surface area contributed by atoms with Crippen LogP contribution < -0.4 is 5.73 Å². The van der Waals surface area contributed by atoms with Gasteiger partial charge in [0.05, 0.1) is 5.69 Å². The highest BCUT2D eigenvalue weighted by Crippen LogP contribution is 2.50. The minimum absolute atomic E-state index is 0.308. The number of ether oxygens (including phenoxy) is 5. The second-order valence-electron chi connectivity index (χ2n) is 8.14. The second-order valence-corrected chi connectivity index (χ2v) is 8.14. The Morgan fingerprint density at radius 1 is 1.39 bits per heavy atom. The molecule has 11 nitrogen and oxygen atoms in total. The van der Waals surface area contributed by atoms with Gasteiger partial charge in [0.15, 0.2) is 11.6 Å². The maximum atomic E-state index is 12.1. The van der Waals surface area contributed by atoms with Crippen molar-refractivity contribution in [1.29, 1.82) is 5.26 Å². The lowest BCUT2D eigenvalue weighted by atomic mass is 9.96. The summed E-state index contributed by atoms with van der Waals surface area (Å²) in [5.41, 5.74) is 5.55. The van der Waals surface area contributed by atoms with Gasteiger partial charge in [-0.2, -0.15) is 10.4 Å². The third-order valence-corrected chi connectivity index (χ3v) is 5.49. The van der Waals surface area contributed by atoms with Crippen LogP contribution in [0.15, 0.2) is 18.5 Å². The number of fused-ring (bicyclic) bond motifs is 2. The van der Waals surface area contributed by atoms with Crippen molar-refractivity contribution >= 4 is 17.5 Å². The van der Waals surface area contributed by atoms with Gasteiger partial charge >= 0.3 is 6.16 Å². The molecule has 2 unspecified atom stereocenters. The summed E-state index contributed by atoms with van der Waals surface area (Å²) < 4.78 is 30.2. The van der Waals surface area contributed by atoms with Gasteiger partial charge in [0, 0.05) is 0 Å². The number of aromatic nitrogens is 3. The molecule has 5 atom stereocenters. The van der Waals surface area contributed by atoms with Crippen LogP contribution in [0, 0.1) is 11.3 Å². The number of nitriles is 1. The van der Waals surface area contributed by atoms with Crippen molar-refractivity contribution in [2.75, 3.05) is 12.3 Å². The maximum Gasteiger partial charge on any atom is 0.508 e. The largest absolute Gasteiger partial charge is 0.508 e. The lowest BCUT2D eigenvalue weighted by Gasteiger charge is -2.28. The molecule has 166 valence electrons. The zero-order valence-corrected chi connectivity index (χ0v) is 17.8. The van der Waals surface area contributed by atoms with Gasteiger partial charge in [0.25, 0.3) is 0 Å². The van der Waals surface area contributed by atoms with E-state index >= 15 is 0 Å². The first kappa shape index (κ1) is 21.3. The van der Waals surface area contributed by atoms with Crippen molar-refractivity contribution in [2.45, 2.75) is 69.9 Å². The van der Waals surface area contributed by atoms with Crippen LogP contribution >= 0.6 is 0 Å². The molecule has 0 spiro atoms. The molecule has 0 saturated carbocycles. The average molecular weight is 431 g/mol. The molecule has 2 aliphatic heterocycles. The van der Waals surface area contributed by atoms with Crippen molar-refractivity contribution in [2.24, 2.45) is 0 Å². The van der Waals surface area contributed by atoms with E-state index in [-0.39, 0.29) is 12.7 Å². The summed E-state index contributed by atoms with van der Waals surface area (Å²) in [5, 5.41) is 14.3. The molecule has 2 fully saturated rings. The zero-order valence-electron chi connectivity index (χ0n) is 17.8. The van der Waals surface area contributed by atoms with Gasteiger partial charge in [-0.25, -0.2) is 14.3 Å². The summed E-state index contributed by atoms with van der Waals surface area (Å²) >= 11 is 0. The summed E-state index contributed by atoms with van der Waals surface area (Å²) in [5.74, 6) is -0.653. The number of nitrogens with zero attached hydrogens (tertiary/aromatic N) is 4. The van der Waals surface area contributed by atoms with E-state index in [9.17, 15) is 10.1 Å². The van der Waals surface area contributed by atoms with Gasteiger partial charge in [0.1, 0.15) is 48.9 Å². The van der Waals surface area contributed by atoms with Gasteiger partial charge in [-0.15, -0.1) is 0 Å². The molecule has 0 aromatic carbocycles. The number of anilines is 1. The first-order chi connectivity index (χ1) is 14.7. The van der Waals surface area contributed by atoms with Crippen LogP contribution in [0.1, 0.15) is 45.9 Å². The fraction of sp³-hybridized carbons (Fsp3) is 0.600. The summed E-state index contributed by atoms with van der Waals surface area (Å²) in [6.07, 6.45) is -1.38. The van der Waals surface area contributed by atoms with Crippen molar-refractivity contribution in [3.8, 4) is 6.07 Å². The zero-order chi connectivity index (χ0) is 22.4. The summed E-state index contributed by atoms with van der Waals surface area (Å²) in [7, 11) is 0. The molecule has 2 aromatic rings. The number of rotatable bonds is 5. The van der Waals surface area contributed by atoms with Crippen LogP contribution in [0.4, 0.5) is 10.6 Å². The molecule has 4 rings (SSSR count). The van der Waals surface area contributed by atoms with E-state index in [4.69, 9.17) is 29.4 Å². The third kappa shape index (κ3) is 3.67. The SMILES string of the molecule is CC[C@H](C)OC(=O)OC[C@@]1(C#N)O[C@@H](c2ccc3c(N)ncnn23)C2OC(C)(C)OC21. The Morgan fingerprint density at radius 2 is 2.16 bits per heavy atom. The second kappa shape index (κ2) is 7.64. The van der Waals surface area contributed by atoms with E-state index in [1.54, 1.807) is 37.4 Å². The number of hydrogen-bond donors (Lipinski definition) is 1. The Morgan fingerprint density at radius 3 is 2.87 bits per heavy atom. The fourth-order valence-corrected chi connectivity index (χ4v) is 3.84. The number of nitrogen functional groups attached to an aromatic ring is 1. The van der Waals surface area contributed by atoms with Gasteiger partial charge in [-0.1, -0.05) is 6.92 Å². The molecule has 2 aromatic heterocycles. The highest BCUT2D eigenvalue weighted by Gasteiger charge is 2.65. The molecule has 0 bridgehead atoms. The van der Waals surface area contributed by atoms with Crippen LogP contribution in [-0.4, -0.2) is 57.1 Å². The topological polar surface area (TPSA) is 143 Å². The molecule has 11 heteroatoms. The summed E-state index contributed by atoms with van der Waals surface area (Å²) in [6.45, 7) is 6.75. The molecule has 0 amide bonds. The monoisotopic (exact) mass is 431 g/mol. The molecule has 31 heavy (non-hydrogen) atoms. The predicted molar refractivity (Wildman–Crippen MR) is 106 cm³/mol. The van der Waals surface area contributed by atoms with E-state index in [0.29, 0.717) is 23.4 Å².